The molecule has 0 bridgehead atoms. The summed E-state index contributed by atoms with van der Waals surface area (Å²) >= 11 is 7.11. The van der Waals surface area contributed by atoms with E-state index in [9.17, 15) is 39.5 Å². The SMILES string of the molecule is CN1CCc2cc(NC(=C[N+](=O)[O-])Nc3ccc(Cl)cc3)ccc2C1C(=O)NC(CCSCC(NC(=O)CC(C)(C)C)C(=O)O)C(=O)O. The fourth-order valence-corrected chi connectivity index (χ4v) is 6.19. The minimum absolute atomic E-state index is 0.0341. The fraction of sp³-hybridized carbons (Fsp3) is 0.438. The molecule has 0 fully saturated rings. The molecule has 16 heteroatoms. The summed E-state index contributed by atoms with van der Waals surface area (Å²) in [4.78, 5) is 62.0. The zero-order valence-corrected chi connectivity index (χ0v) is 28.7. The van der Waals surface area contributed by atoms with Crippen LogP contribution in [0.4, 0.5) is 11.4 Å². The minimum atomic E-state index is -1.23. The van der Waals surface area contributed by atoms with Crippen molar-refractivity contribution < 1.29 is 34.3 Å². The van der Waals surface area contributed by atoms with Gasteiger partial charge in [0.15, 0.2) is 5.82 Å². The van der Waals surface area contributed by atoms with Crippen LogP contribution in [-0.2, 0) is 25.6 Å². The van der Waals surface area contributed by atoms with Gasteiger partial charge in [-0.3, -0.25) is 24.6 Å². The van der Waals surface area contributed by atoms with Crippen molar-refractivity contribution in [1.82, 2.24) is 15.5 Å². The third-order valence-electron chi connectivity index (χ3n) is 7.27. The van der Waals surface area contributed by atoms with E-state index in [2.05, 4.69) is 21.3 Å². The van der Waals surface area contributed by atoms with E-state index in [4.69, 9.17) is 11.6 Å². The Balaban J connectivity index is 1.65. The normalized spacial score (nSPS) is 16.2. The number of carbonyl (C=O) groups excluding carboxylic acids is 2. The number of halogens is 1. The summed E-state index contributed by atoms with van der Waals surface area (Å²) in [6, 6.07) is 8.71. The Morgan fingerprint density at radius 1 is 1.04 bits per heavy atom. The van der Waals surface area contributed by atoms with Crippen LogP contribution in [-0.4, -0.2) is 81.0 Å². The number of likely N-dealkylation sites (N-methyl/N-ethyl adjacent to an activating group) is 1. The largest absolute Gasteiger partial charge is 0.480 e. The maximum absolute atomic E-state index is 13.5. The van der Waals surface area contributed by atoms with E-state index in [0.29, 0.717) is 34.9 Å². The van der Waals surface area contributed by atoms with Crippen molar-refractivity contribution in [3.05, 3.63) is 80.7 Å². The zero-order valence-electron chi connectivity index (χ0n) is 27.1. The Bertz CT molecular complexity index is 1530. The summed E-state index contributed by atoms with van der Waals surface area (Å²) in [5.74, 6) is -2.93. The molecule has 2 aromatic carbocycles. The molecule has 3 atom stereocenters. The predicted octanol–water partition coefficient (Wildman–Crippen LogP) is 4.17. The Morgan fingerprint density at radius 2 is 1.67 bits per heavy atom. The molecule has 2 amide bonds. The zero-order chi connectivity index (χ0) is 35.6. The monoisotopic (exact) mass is 704 g/mol. The summed E-state index contributed by atoms with van der Waals surface area (Å²) in [5.41, 5.74) is 2.30. The molecule has 3 rings (SSSR count). The van der Waals surface area contributed by atoms with Crippen LogP contribution in [0.5, 0.6) is 0 Å². The number of carbonyl (C=O) groups is 4. The molecule has 48 heavy (non-hydrogen) atoms. The molecule has 0 saturated heterocycles. The molecular weight excluding hydrogens is 664 g/mol. The maximum atomic E-state index is 13.5. The van der Waals surface area contributed by atoms with Gasteiger partial charge in [0.1, 0.15) is 18.1 Å². The van der Waals surface area contributed by atoms with E-state index < -0.39 is 40.9 Å². The first-order valence-corrected chi connectivity index (χ1v) is 16.7. The summed E-state index contributed by atoms with van der Waals surface area (Å²) in [5, 5.41) is 42.3. The van der Waals surface area contributed by atoms with Gasteiger partial charge in [-0.1, -0.05) is 38.4 Å². The predicted molar refractivity (Wildman–Crippen MR) is 184 cm³/mol. The lowest BCUT2D eigenvalue weighted by Gasteiger charge is -2.34. The van der Waals surface area contributed by atoms with Crippen molar-refractivity contribution in [2.45, 2.75) is 58.2 Å². The topological polar surface area (TPSA) is 203 Å². The molecule has 0 radical (unpaired) electrons. The molecule has 14 nitrogen and oxygen atoms in total. The number of benzene rings is 2. The Morgan fingerprint density at radius 3 is 2.27 bits per heavy atom. The first-order valence-electron chi connectivity index (χ1n) is 15.1. The van der Waals surface area contributed by atoms with Crippen molar-refractivity contribution in [2.75, 3.05) is 35.7 Å². The van der Waals surface area contributed by atoms with Crippen molar-refractivity contribution in [2.24, 2.45) is 5.41 Å². The van der Waals surface area contributed by atoms with Crippen molar-refractivity contribution >= 4 is 58.5 Å². The van der Waals surface area contributed by atoms with Crippen molar-refractivity contribution in [3.8, 4) is 0 Å². The van der Waals surface area contributed by atoms with Crippen LogP contribution < -0.4 is 21.3 Å². The first kappa shape index (κ1) is 38.1. The van der Waals surface area contributed by atoms with Gasteiger partial charge in [0.25, 0.3) is 6.20 Å². The quantitative estimate of drug-likeness (QED) is 0.0828. The highest BCUT2D eigenvalue weighted by Gasteiger charge is 2.33. The van der Waals surface area contributed by atoms with Crippen LogP contribution in [0.2, 0.25) is 5.02 Å². The van der Waals surface area contributed by atoms with E-state index in [1.807, 2.05) is 25.7 Å². The van der Waals surface area contributed by atoms with E-state index in [1.54, 1.807) is 49.5 Å². The Hall–Kier alpha value is -4.34. The number of hydrogen-bond donors (Lipinski definition) is 6. The van der Waals surface area contributed by atoms with E-state index in [-0.39, 0.29) is 41.5 Å². The highest BCUT2D eigenvalue weighted by Crippen LogP contribution is 2.31. The molecule has 2 aromatic rings. The van der Waals surface area contributed by atoms with Crippen LogP contribution in [0.1, 0.15) is 50.8 Å². The number of carboxylic acid groups (broad SMARTS) is 2. The highest BCUT2D eigenvalue weighted by atomic mass is 35.5. The molecule has 0 aliphatic carbocycles. The van der Waals surface area contributed by atoms with Crippen molar-refractivity contribution in [1.29, 1.82) is 0 Å². The molecule has 0 spiro atoms. The second kappa shape index (κ2) is 17.2. The number of amides is 2. The number of thioether (sulfide) groups is 1. The fourth-order valence-electron chi connectivity index (χ4n) is 5.03. The minimum Gasteiger partial charge on any atom is -0.480 e. The molecular formula is C32H41ClN6O8S. The van der Waals surface area contributed by atoms with Gasteiger partial charge < -0.3 is 31.5 Å². The number of nitrogens with one attached hydrogen (secondary N) is 4. The molecule has 0 aromatic heterocycles. The number of nitro groups is 1. The second-order valence-corrected chi connectivity index (χ2v) is 14.2. The molecule has 6 N–H and O–H groups in total. The molecule has 1 aliphatic heterocycles. The molecule has 1 heterocycles. The van der Waals surface area contributed by atoms with E-state index in [1.165, 1.54) is 11.8 Å². The number of carboxylic acids is 2. The third-order valence-corrected chi connectivity index (χ3v) is 8.62. The lowest BCUT2D eigenvalue weighted by Crippen LogP contribution is -2.48. The summed E-state index contributed by atoms with van der Waals surface area (Å²) in [7, 11) is 1.76. The van der Waals surface area contributed by atoms with Gasteiger partial charge in [-0.15, -0.1) is 0 Å². The Kier molecular flexibility index (Phi) is 13.6. The molecule has 0 saturated carbocycles. The summed E-state index contributed by atoms with van der Waals surface area (Å²) < 4.78 is 0. The smallest absolute Gasteiger partial charge is 0.327 e. The number of fused-ring (bicyclic) bond motifs is 1. The van der Waals surface area contributed by atoms with Crippen LogP contribution in [0, 0.1) is 15.5 Å². The van der Waals surface area contributed by atoms with Gasteiger partial charge in [-0.05, 0) is 78.6 Å². The number of aliphatic carboxylic acids is 2. The van der Waals surface area contributed by atoms with Gasteiger partial charge >= 0.3 is 11.9 Å². The molecule has 3 unspecified atom stereocenters. The van der Waals surface area contributed by atoms with Gasteiger partial charge in [0, 0.05) is 35.1 Å². The second-order valence-electron chi connectivity index (χ2n) is 12.6. The number of rotatable bonds is 16. The summed E-state index contributed by atoms with van der Waals surface area (Å²) in [6.07, 6.45) is 1.58. The summed E-state index contributed by atoms with van der Waals surface area (Å²) in [6.45, 7) is 6.11. The van der Waals surface area contributed by atoms with Gasteiger partial charge in [-0.2, -0.15) is 11.8 Å². The van der Waals surface area contributed by atoms with E-state index in [0.717, 1.165) is 11.8 Å². The lowest BCUT2D eigenvalue weighted by atomic mass is 9.91. The number of hydrogen-bond acceptors (Lipinski definition) is 10. The number of anilines is 2. The van der Waals surface area contributed by atoms with Crippen LogP contribution in [0.25, 0.3) is 0 Å². The van der Waals surface area contributed by atoms with Crippen LogP contribution in [0.15, 0.2) is 54.5 Å². The third kappa shape index (κ3) is 12.0. The van der Waals surface area contributed by atoms with Crippen LogP contribution in [0.3, 0.4) is 0 Å². The standard InChI is InChI=1S/C32H41ClN6O8S/c1-32(2,3)16-27(40)36-25(31(44)45)18-48-14-12-24(30(42)43)37-29(41)28-23-10-9-22(15-19(23)11-13-38(28)4)35-26(17-39(46)47)34-21-7-5-20(33)6-8-21/h5-10,15,17,24-25,28,34-35H,11-14,16,18H2,1-4H3,(H,36,40)(H,37,41)(H,42,43)(H,44,45). The van der Waals surface area contributed by atoms with Crippen molar-refractivity contribution in [3.63, 3.8) is 0 Å². The maximum Gasteiger partial charge on any atom is 0.327 e. The van der Waals surface area contributed by atoms with Gasteiger partial charge in [-0.25, -0.2) is 9.59 Å². The lowest BCUT2D eigenvalue weighted by molar-refractivity contribution is -0.403. The Labute approximate surface area is 287 Å². The van der Waals surface area contributed by atoms with Crippen LogP contribution >= 0.6 is 23.4 Å². The number of nitrogens with zero attached hydrogens (tertiary/aromatic N) is 2. The highest BCUT2D eigenvalue weighted by molar-refractivity contribution is 7.99. The van der Waals surface area contributed by atoms with E-state index >= 15 is 0 Å². The van der Waals surface area contributed by atoms with Gasteiger partial charge in [0.05, 0.1) is 4.92 Å². The first-order chi connectivity index (χ1) is 22.5. The molecule has 1 aliphatic rings. The molecule has 260 valence electrons. The average molecular weight is 705 g/mol. The average Bonchev–Trinajstić information content (AvgIpc) is 2.97. The van der Waals surface area contributed by atoms with Gasteiger partial charge in [0.2, 0.25) is 11.8 Å².